The molecule has 6 fully saturated rings. The van der Waals surface area contributed by atoms with E-state index in [1.807, 2.05) is 0 Å². The summed E-state index contributed by atoms with van der Waals surface area (Å²) in [6.45, 7) is 17.5. The van der Waals surface area contributed by atoms with Crippen LogP contribution in [0.25, 0.3) is 10.9 Å². The van der Waals surface area contributed by atoms with Gasteiger partial charge in [-0.1, -0.05) is 37.6 Å². The molecule has 11 atom stereocenters. The summed E-state index contributed by atoms with van der Waals surface area (Å²) in [6.07, 6.45) is 6.12. The van der Waals surface area contributed by atoms with Crippen LogP contribution in [0.5, 0.6) is 0 Å². The van der Waals surface area contributed by atoms with Crippen LogP contribution < -0.4 is 0 Å². The van der Waals surface area contributed by atoms with Crippen LogP contribution in [0.1, 0.15) is 97.9 Å². The zero-order chi connectivity index (χ0) is 30.8. The van der Waals surface area contributed by atoms with E-state index in [0.717, 1.165) is 32.1 Å². The molecule has 1 unspecified atom stereocenters. The van der Waals surface area contributed by atoms with Gasteiger partial charge >= 0.3 is 0 Å². The standard InChI is InChI=1S/C37H49NO6/c1-19(2)12-13-20-10-9-11-23-25(20)22-18-21-14-17-36(39)34(7,35(21,8)27(22)38-23)16-15-24-37(36)29(43-37)26-28(40-24)32(3,4)44-31(41-26)30-33(5,6)42-30/h9-12,21,24,26,28-31,38-39H,13-18H2,1-8H3/t21-,24-,26+,28-,29+,30?,31-,34+,35+,36-,37-/m0/s1. The van der Waals surface area contributed by atoms with Crippen LogP contribution in [0.15, 0.2) is 29.8 Å². The molecular formula is C37H49NO6. The molecular weight excluding hydrogens is 554 g/mol. The maximum Gasteiger partial charge on any atom is 0.187 e. The van der Waals surface area contributed by atoms with Crippen LogP contribution >= 0.6 is 0 Å². The van der Waals surface area contributed by atoms with Gasteiger partial charge in [-0.05, 0) is 103 Å². The molecule has 7 nitrogen and oxygen atoms in total. The van der Waals surface area contributed by atoms with Crippen molar-refractivity contribution in [3.8, 4) is 0 Å². The summed E-state index contributed by atoms with van der Waals surface area (Å²) in [5.74, 6) is 0.467. The number of fused-ring (bicyclic) bond motifs is 9. The summed E-state index contributed by atoms with van der Waals surface area (Å²) >= 11 is 0. The molecule has 238 valence electrons. The Morgan fingerprint density at radius 2 is 1.68 bits per heavy atom. The first-order valence-electron chi connectivity index (χ1n) is 17.0. The summed E-state index contributed by atoms with van der Waals surface area (Å²) in [5.41, 5.74) is 3.46. The highest BCUT2D eigenvalue weighted by Gasteiger charge is 2.87. The average Bonchev–Trinajstić information content (AvgIpc) is 3.78. The van der Waals surface area contributed by atoms with E-state index in [0.29, 0.717) is 12.3 Å². The first-order chi connectivity index (χ1) is 20.7. The van der Waals surface area contributed by atoms with Crippen LogP contribution in [-0.2, 0) is 41.9 Å². The van der Waals surface area contributed by atoms with E-state index in [9.17, 15) is 5.11 Å². The van der Waals surface area contributed by atoms with Crippen LogP contribution in [0.4, 0.5) is 0 Å². The van der Waals surface area contributed by atoms with Crippen molar-refractivity contribution in [3.05, 3.63) is 46.7 Å². The highest BCUT2D eigenvalue weighted by molar-refractivity contribution is 5.89. The second-order valence-corrected chi connectivity index (χ2v) is 16.9. The highest BCUT2D eigenvalue weighted by Crippen LogP contribution is 2.75. The normalized spacial score (nSPS) is 48.7. The second kappa shape index (κ2) is 8.39. The van der Waals surface area contributed by atoms with Crippen molar-refractivity contribution in [2.75, 3.05) is 0 Å². The Balaban J connectivity index is 1.11. The number of rotatable bonds is 3. The van der Waals surface area contributed by atoms with Crippen molar-refractivity contribution in [1.29, 1.82) is 0 Å². The van der Waals surface area contributed by atoms with Crippen LogP contribution in [-0.4, -0.2) is 69.3 Å². The van der Waals surface area contributed by atoms with E-state index < -0.39 is 28.5 Å². The van der Waals surface area contributed by atoms with Crippen molar-refractivity contribution in [3.63, 3.8) is 0 Å². The van der Waals surface area contributed by atoms with Gasteiger partial charge in [0.05, 0.1) is 17.3 Å². The maximum absolute atomic E-state index is 13.3. The predicted molar refractivity (Wildman–Crippen MR) is 167 cm³/mol. The third-order valence-electron chi connectivity index (χ3n) is 13.8. The van der Waals surface area contributed by atoms with E-state index in [1.54, 1.807) is 0 Å². The average molecular weight is 604 g/mol. The summed E-state index contributed by atoms with van der Waals surface area (Å²) in [6, 6.07) is 6.70. The van der Waals surface area contributed by atoms with E-state index >= 15 is 0 Å². The Kier molecular flexibility index (Phi) is 5.43. The third-order valence-corrected chi connectivity index (χ3v) is 13.8. The third kappa shape index (κ3) is 3.20. The lowest BCUT2D eigenvalue weighted by molar-refractivity contribution is -0.356. The van der Waals surface area contributed by atoms with E-state index in [4.69, 9.17) is 23.7 Å². The number of hydrogen-bond donors (Lipinski definition) is 2. The van der Waals surface area contributed by atoms with Gasteiger partial charge in [-0.3, -0.25) is 0 Å². The van der Waals surface area contributed by atoms with Crippen LogP contribution in [0.3, 0.4) is 0 Å². The lowest BCUT2D eigenvalue weighted by atomic mass is 9.40. The number of epoxide rings is 2. The number of aliphatic hydroxyl groups is 1. The fourth-order valence-electron chi connectivity index (χ4n) is 11.1. The number of nitrogens with one attached hydrogen (secondary N) is 1. The number of aromatic amines is 1. The van der Waals surface area contributed by atoms with Gasteiger partial charge in [-0.25, -0.2) is 0 Å². The molecule has 4 aliphatic heterocycles. The number of benzene rings is 1. The van der Waals surface area contributed by atoms with Gasteiger partial charge in [0.2, 0.25) is 0 Å². The van der Waals surface area contributed by atoms with Crippen molar-refractivity contribution < 1.29 is 28.8 Å². The van der Waals surface area contributed by atoms with E-state index in [1.165, 1.54) is 33.3 Å². The Morgan fingerprint density at radius 1 is 0.932 bits per heavy atom. The molecule has 5 heterocycles. The molecule has 44 heavy (non-hydrogen) atoms. The van der Waals surface area contributed by atoms with Gasteiger partial charge in [-0.2, -0.15) is 0 Å². The Hall–Kier alpha value is -1.74. The van der Waals surface area contributed by atoms with Crippen LogP contribution in [0.2, 0.25) is 0 Å². The predicted octanol–water partition coefficient (Wildman–Crippen LogP) is 6.03. The molecule has 1 aromatic heterocycles. The quantitative estimate of drug-likeness (QED) is 0.329. The zero-order valence-electron chi connectivity index (χ0n) is 27.6. The molecule has 2 N–H and O–H groups in total. The van der Waals surface area contributed by atoms with Gasteiger partial charge < -0.3 is 33.8 Å². The number of ether oxygens (including phenoxy) is 5. The molecule has 2 saturated carbocycles. The molecule has 7 heteroatoms. The maximum atomic E-state index is 13.3. The van der Waals surface area contributed by atoms with Gasteiger partial charge in [0.15, 0.2) is 11.9 Å². The molecule has 3 aliphatic carbocycles. The van der Waals surface area contributed by atoms with Gasteiger partial charge in [0.25, 0.3) is 0 Å². The topological polar surface area (TPSA) is 88.8 Å². The summed E-state index contributed by atoms with van der Waals surface area (Å²) in [4.78, 5) is 3.95. The van der Waals surface area contributed by atoms with Gasteiger partial charge in [0.1, 0.15) is 30.0 Å². The molecule has 0 radical (unpaired) electrons. The highest BCUT2D eigenvalue weighted by atomic mass is 16.8. The second-order valence-electron chi connectivity index (χ2n) is 16.9. The van der Waals surface area contributed by atoms with Crippen molar-refractivity contribution >= 4 is 10.9 Å². The number of allylic oxidation sites excluding steroid dienone is 2. The van der Waals surface area contributed by atoms with Crippen molar-refractivity contribution in [2.24, 2.45) is 11.3 Å². The minimum absolute atomic E-state index is 0.121. The Labute approximate surface area is 261 Å². The Morgan fingerprint density at radius 3 is 2.41 bits per heavy atom. The summed E-state index contributed by atoms with van der Waals surface area (Å²) in [5, 5.41) is 14.7. The lowest BCUT2D eigenvalue weighted by Crippen LogP contribution is -2.77. The van der Waals surface area contributed by atoms with E-state index in [2.05, 4.69) is 84.6 Å². The van der Waals surface area contributed by atoms with Gasteiger partial charge in [-0.15, -0.1) is 0 Å². The van der Waals surface area contributed by atoms with Gasteiger partial charge in [0, 0.05) is 27.4 Å². The minimum atomic E-state index is -1.05. The van der Waals surface area contributed by atoms with Crippen LogP contribution in [0, 0.1) is 11.3 Å². The minimum Gasteiger partial charge on any atom is -0.386 e. The number of aromatic nitrogens is 1. The fourth-order valence-corrected chi connectivity index (χ4v) is 11.1. The molecule has 0 amide bonds. The van der Waals surface area contributed by atoms with E-state index in [-0.39, 0.29) is 41.5 Å². The Bertz CT molecular complexity index is 1600. The largest absolute Gasteiger partial charge is 0.386 e. The molecule has 1 aromatic carbocycles. The molecule has 4 saturated heterocycles. The molecule has 9 rings (SSSR count). The van der Waals surface area contributed by atoms with Crippen molar-refractivity contribution in [1.82, 2.24) is 4.98 Å². The zero-order valence-corrected chi connectivity index (χ0v) is 27.6. The first-order valence-corrected chi connectivity index (χ1v) is 17.0. The monoisotopic (exact) mass is 603 g/mol. The molecule has 1 spiro atoms. The molecule has 7 aliphatic rings. The SMILES string of the molecule is CC(C)=CCc1cccc2[nH]c3c(c12)C[C@@H]1CC[C@@]2(O)[C@@]45O[C@@H]4[C@@H]4O[C@H](C6OC6(C)C)OC(C)(C)[C@H]4O[C@H]5CC[C@]2(C)[C@@]31C. The summed E-state index contributed by atoms with van der Waals surface area (Å²) in [7, 11) is 0. The molecule has 0 bridgehead atoms. The lowest BCUT2D eigenvalue weighted by Gasteiger charge is -2.66. The smallest absolute Gasteiger partial charge is 0.187 e. The number of hydrogen-bond acceptors (Lipinski definition) is 6. The summed E-state index contributed by atoms with van der Waals surface area (Å²) < 4.78 is 32.9. The molecule has 2 aromatic rings. The fraction of sp³-hybridized carbons (Fsp3) is 0.730. The first kappa shape index (κ1) is 28.5. The number of H-pyrrole nitrogens is 1. The van der Waals surface area contributed by atoms with Crippen molar-refractivity contribution in [2.45, 2.75) is 159 Å².